The fraction of sp³-hybridized carbons (Fsp3) is 0.200. The first-order valence-corrected chi connectivity index (χ1v) is 11.4. The van der Waals surface area contributed by atoms with E-state index in [1.165, 1.54) is 16.9 Å². The van der Waals surface area contributed by atoms with Gasteiger partial charge in [0.15, 0.2) is 5.13 Å². The fourth-order valence-electron chi connectivity index (χ4n) is 4.12. The lowest BCUT2D eigenvalue weighted by Gasteiger charge is -2.34. The third kappa shape index (κ3) is 4.44. The summed E-state index contributed by atoms with van der Waals surface area (Å²) in [6.45, 7) is 1.73. The summed E-state index contributed by atoms with van der Waals surface area (Å²) >= 11 is 1.49. The van der Waals surface area contributed by atoms with Gasteiger partial charge in [-0.3, -0.25) is 4.98 Å². The summed E-state index contributed by atoms with van der Waals surface area (Å²) in [4.78, 5) is 10.9. The van der Waals surface area contributed by atoms with Crippen molar-refractivity contribution in [2.45, 2.75) is 18.8 Å². The molecule has 4 nitrogen and oxygen atoms in total. The molecule has 1 N–H and O–H groups in total. The first-order valence-electron chi connectivity index (χ1n) is 10.5. The molecule has 1 saturated heterocycles. The first kappa shape index (κ1) is 19.7. The molecule has 0 amide bonds. The van der Waals surface area contributed by atoms with Gasteiger partial charge < -0.3 is 10.2 Å². The number of anilines is 3. The minimum atomic E-state index is -0.202. The number of pyridine rings is 1. The van der Waals surface area contributed by atoms with Gasteiger partial charge in [0.25, 0.3) is 0 Å². The van der Waals surface area contributed by atoms with Crippen LogP contribution in [0.15, 0.2) is 78.4 Å². The Bertz CT molecular complexity index is 1140. The van der Waals surface area contributed by atoms with Gasteiger partial charge in [-0.05, 0) is 54.7 Å². The molecule has 0 spiro atoms. The van der Waals surface area contributed by atoms with E-state index in [1.54, 1.807) is 18.5 Å². The maximum Gasteiger partial charge on any atom is 0.187 e. The van der Waals surface area contributed by atoms with Crippen LogP contribution in [0.25, 0.3) is 11.3 Å². The minimum absolute atomic E-state index is 0.202. The molecular formula is C25H23FN4S. The second-order valence-corrected chi connectivity index (χ2v) is 8.60. The summed E-state index contributed by atoms with van der Waals surface area (Å²) in [5.41, 5.74) is 4.59. The van der Waals surface area contributed by atoms with Gasteiger partial charge in [0.1, 0.15) is 5.82 Å². The SMILES string of the molecule is Fc1cc(Nc2nc(-c3cccnc3)cs2)ccc1N1CCC(c2ccccc2)CC1. The second-order valence-electron chi connectivity index (χ2n) is 7.74. The molecule has 1 fully saturated rings. The Balaban J connectivity index is 1.24. The number of benzene rings is 2. The summed E-state index contributed by atoms with van der Waals surface area (Å²) in [6.07, 6.45) is 5.61. The normalized spacial score (nSPS) is 14.5. The molecule has 2 aromatic carbocycles. The molecule has 5 rings (SSSR count). The van der Waals surface area contributed by atoms with Crippen LogP contribution in [0.1, 0.15) is 24.3 Å². The highest BCUT2D eigenvalue weighted by molar-refractivity contribution is 7.14. The zero-order valence-corrected chi connectivity index (χ0v) is 17.9. The van der Waals surface area contributed by atoms with Crippen LogP contribution >= 0.6 is 11.3 Å². The first-order chi connectivity index (χ1) is 15.3. The van der Waals surface area contributed by atoms with E-state index in [-0.39, 0.29) is 5.82 Å². The van der Waals surface area contributed by atoms with E-state index < -0.39 is 0 Å². The molecule has 1 aliphatic rings. The van der Waals surface area contributed by atoms with Gasteiger partial charge in [0.2, 0.25) is 0 Å². The Kier molecular flexibility index (Phi) is 5.63. The maximum atomic E-state index is 14.9. The summed E-state index contributed by atoms with van der Waals surface area (Å²) in [5, 5.41) is 5.93. The van der Waals surface area contributed by atoms with Crippen LogP contribution in [0.2, 0.25) is 0 Å². The lowest BCUT2D eigenvalue weighted by molar-refractivity contribution is 0.497. The molecule has 0 bridgehead atoms. The van der Waals surface area contributed by atoms with Crippen molar-refractivity contribution in [2.24, 2.45) is 0 Å². The van der Waals surface area contributed by atoms with Gasteiger partial charge in [0.05, 0.1) is 11.4 Å². The average molecular weight is 431 g/mol. The summed E-state index contributed by atoms with van der Waals surface area (Å²) in [6, 6.07) is 19.8. The van der Waals surface area contributed by atoms with Crippen LogP contribution in [0.5, 0.6) is 0 Å². The molecule has 6 heteroatoms. The van der Waals surface area contributed by atoms with Crippen LogP contribution in [0, 0.1) is 5.82 Å². The maximum absolute atomic E-state index is 14.9. The van der Waals surface area contributed by atoms with Crippen molar-refractivity contribution in [3.8, 4) is 11.3 Å². The van der Waals surface area contributed by atoms with Crippen LogP contribution in [0.4, 0.5) is 20.9 Å². The summed E-state index contributed by atoms with van der Waals surface area (Å²) < 4.78 is 14.9. The number of piperidine rings is 1. The fourth-order valence-corrected chi connectivity index (χ4v) is 4.86. The average Bonchev–Trinajstić information content (AvgIpc) is 3.29. The number of thiazole rings is 1. The van der Waals surface area contributed by atoms with E-state index >= 15 is 0 Å². The van der Waals surface area contributed by atoms with Gasteiger partial charge >= 0.3 is 0 Å². The van der Waals surface area contributed by atoms with E-state index in [4.69, 9.17) is 0 Å². The Morgan fingerprint density at radius 1 is 1.00 bits per heavy atom. The molecule has 2 aromatic heterocycles. The standard InChI is InChI=1S/C25H23FN4S/c26-22-15-21(28-25-29-23(17-31-25)20-7-4-12-27-16-20)8-9-24(22)30-13-10-19(11-14-30)18-5-2-1-3-6-18/h1-9,12,15-17,19H,10-11,13-14H2,(H,28,29). The number of nitrogens with zero attached hydrogens (tertiary/aromatic N) is 3. The van der Waals surface area contributed by atoms with Crippen LogP contribution in [0.3, 0.4) is 0 Å². The Morgan fingerprint density at radius 2 is 1.84 bits per heavy atom. The lowest BCUT2D eigenvalue weighted by Crippen LogP contribution is -2.33. The van der Waals surface area contributed by atoms with Crippen molar-refractivity contribution in [2.75, 3.05) is 23.3 Å². The van der Waals surface area contributed by atoms with Gasteiger partial charge in [-0.2, -0.15) is 0 Å². The highest BCUT2D eigenvalue weighted by atomic mass is 32.1. The lowest BCUT2D eigenvalue weighted by atomic mass is 9.89. The van der Waals surface area contributed by atoms with Crippen molar-refractivity contribution in [3.05, 3.63) is 89.8 Å². The van der Waals surface area contributed by atoms with Crippen molar-refractivity contribution < 1.29 is 4.39 Å². The van der Waals surface area contributed by atoms with E-state index in [2.05, 4.69) is 50.5 Å². The molecule has 0 saturated carbocycles. The largest absolute Gasteiger partial charge is 0.369 e. The summed E-state index contributed by atoms with van der Waals surface area (Å²) in [7, 11) is 0. The number of hydrogen-bond donors (Lipinski definition) is 1. The molecule has 4 aromatic rings. The number of rotatable bonds is 5. The molecule has 156 valence electrons. The predicted octanol–water partition coefficient (Wildman–Crippen LogP) is 6.47. The molecule has 0 unspecified atom stereocenters. The summed E-state index contributed by atoms with van der Waals surface area (Å²) in [5.74, 6) is 0.354. The molecule has 0 atom stereocenters. The van der Waals surface area contributed by atoms with Crippen LogP contribution < -0.4 is 10.2 Å². The van der Waals surface area contributed by atoms with Crippen molar-refractivity contribution in [1.82, 2.24) is 9.97 Å². The van der Waals surface area contributed by atoms with Crippen LogP contribution in [-0.4, -0.2) is 23.1 Å². The Morgan fingerprint density at radius 3 is 2.58 bits per heavy atom. The third-order valence-corrected chi connectivity index (χ3v) is 6.52. The quantitative estimate of drug-likeness (QED) is 0.394. The predicted molar refractivity (Wildman–Crippen MR) is 126 cm³/mol. The number of halogens is 1. The van der Waals surface area contributed by atoms with E-state index in [9.17, 15) is 4.39 Å². The number of nitrogens with one attached hydrogen (secondary N) is 1. The second kappa shape index (κ2) is 8.86. The van der Waals surface area contributed by atoms with Crippen molar-refractivity contribution >= 4 is 27.8 Å². The van der Waals surface area contributed by atoms with Crippen molar-refractivity contribution in [1.29, 1.82) is 0 Å². The molecule has 0 aliphatic carbocycles. The third-order valence-electron chi connectivity index (χ3n) is 5.77. The monoisotopic (exact) mass is 430 g/mol. The van der Waals surface area contributed by atoms with E-state index in [0.29, 0.717) is 17.3 Å². The highest BCUT2D eigenvalue weighted by Gasteiger charge is 2.22. The zero-order chi connectivity index (χ0) is 21.0. The molecule has 0 radical (unpaired) electrons. The number of aromatic nitrogens is 2. The van der Waals surface area contributed by atoms with Gasteiger partial charge in [-0.1, -0.05) is 30.3 Å². The zero-order valence-electron chi connectivity index (χ0n) is 17.0. The van der Waals surface area contributed by atoms with E-state index in [0.717, 1.165) is 42.3 Å². The minimum Gasteiger partial charge on any atom is -0.369 e. The molecular weight excluding hydrogens is 407 g/mol. The van der Waals surface area contributed by atoms with E-state index in [1.807, 2.05) is 29.6 Å². The topological polar surface area (TPSA) is 41.1 Å². The van der Waals surface area contributed by atoms with Crippen LogP contribution in [-0.2, 0) is 0 Å². The molecule has 1 aliphatic heterocycles. The van der Waals surface area contributed by atoms with Gasteiger partial charge in [-0.15, -0.1) is 11.3 Å². The molecule has 3 heterocycles. The Labute approximate surface area is 185 Å². The van der Waals surface area contributed by atoms with Crippen molar-refractivity contribution in [3.63, 3.8) is 0 Å². The van der Waals surface area contributed by atoms with Gasteiger partial charge in [0, 0.05) is 42.1 Å². The Hall–Kier alpha value is -3.25. The number of hydrogen-bond acceptors (Lipinski definition) is 5. The molecule has 31 heavy (non-hydrogen) atoms. The highest BCUT2D eigenvalue weighted by Crippen LogP contribution is 2.33. The van der Waals surface area contributed by atoms with Gasteiger partial charge in [-0.25, -0.2) is 9.37 Å². The smallest absolute Gasteiger partial charge is 0.187 e.